The number of oxazole rings is 1. The number of nitrogens with zero attached hydrogens (tertiary/aromatic N) is 2. The van der Waals surface area contributed by atoms with Crippen LogP contribution in [0.3, 0.4) is 0 Å². The maximum absolute atomic E-state index is 11.0. The molecule has 0 aliphatic carbocycles. The minimum Gasteiger partial charge on any atom is -0.496 e. The van der Waals surface area contributed by atoms with E-state index in [9.17, 15) is 8.42 Å². The number of ether oxygens (including phenoxy) is 1. The van der Waals surface area contributed by atoms with Crippen molar-refractivity contribution >= 4 is 33.3 Å². The van der Waals surface area contributed by atoms with Gasteiger partial charge in [-0.1, -0.05) is 24.3 Å². The van der Waals surface area contributed by atoms with E-state index in [0.717, 1.165) is 21.8 Å². The van der Waals surface area contributed by atoms with Crippen LogP contribution in [0, 0.1) is 6.92 Å². The van der Waals surface area contributed by atoms with Crippen LogP contribution in [0.1, 0.15) is 22.3 Å². The summed E-state index contributed by atoms with van der Waals surface area (Å²) in [5.74, 6) is 1.26. The quantitative estimate of drug-likeness (QED) is 0.290. The molecule has 0 fully saturated rings. The highest BCUT2D eigenvalue weighted by Gasteiger charge is 2.19. The van der Waals surface area contributed by atoms with Gasteiger partial charge < -0.3 is 14.5 Å². The van der Waals surface area contributed by atoms with Crippen LogP contribution in [0.4, 0.5) is 11.7 Å². The summed E-state index contributed by atoms with van der Waals surface area (Å²) in [6.45, 7) is 1.94. The van der Waals surface area contributed by atoms with E-state index in [2.05, 4.69) is 15.3 Å². The predicted octanol–water partition coefficient (Wildman–Crippen LogP) is 4.73. The highest BCUT2D eigenvalue weighted by Crippen LogP contribution is 2.32. The maximum atomic E-state index is 11.0. The van der Waals surface area contributed by atoms with Gasteiger partial charge >= 0.3 is 10.3 Å². The van der Waals surface area contributed by atoms with Gasteiger partial charge in [0, 0.05) is 5.38 Å². The summed E-state index contributed by atoms with van der Waals surface area (Å²) in [6, 6.07) is 14.3. The molecule has 9 nitrogen and oxygen atoms in total. The number of rotatable bonds is 9. The number of methoxy groups -OCH3 is 1. The normalized spacial score (nSPS) is 12.3. The third-order valence-electron chi connectivity index (χ3n) is 4.81. The zero-order valence-corrected chi connectivity index (χ0v) is 19.5. The van der Waals surface area contributed by atoms with Crippen molar-refractivity contribution in [2.45, 2.75) is 19.4 Å². The molecule has 172 valence electrons. The van der Waals surface area contributed by atoms with Gasteiger partial charge in [0.2, 0.25) is 0 Å². The molecule has 2 heterocycles. The number of thiazole rings is 1. The second-order valence-corrected chi connectivity index (χ2v) is 9.41. The van der Waals surface area contributed by atoms with E-state index >= 15 is 0 Å². The van der Waals surface area contributed by atoms with Gasteiger partial charge in [-0.25, -0.2) is 9.97 Å². The highest BCUT2D eigenvalue weighted by atomic mass is 32.2. The van der Waals surface area contributed by atoms with E-state index in [1.54, 1.807) is 48.9 Å². The number of aryl methyl sites for hydroxylation is 1. The Balaban J connectivity index is 1.56. The van der Waals surface area contributed by atoms with Gasteiger partial charge in [-0.15, -0.1) is 11.3 Å². The third kappa shape index (κ3) is 5.89. The van der Waals surface area contributed by atoms with Crippen LogP contribution in [0.25, 0.3) is 11.3 Å². The predicted molar refractivity (Wildman–Crippen MR) is 127 cm³/mol. The number of aromatic nitrogens is 2. The van der Waals surface area contributed by atoms with Gasteiger partial charge in [0.1, 0.15) is 5.75 Å². The molecule has 0 bridgehead atoms. The minimum absolute atomic E-state index is 0.237. The second kappa shape index (κ2) is 9.61. The van der Waals surface area contributed by atoms with Gasteiger partial charge in [0.15, 0.2) is 5.76 Å². The fraction of sp³-hybridized carbons (Fsp3) is 0.182. The highest BCUT2D eigenvalue weighted by molar-refractivity contribution is 7.87. The van der Waals surface area contributed by atoms with Crippen LogP contribution in [0.5, 0.6) is 5.75 Å². The maximum Gasteiger partial charge on any atom is 0.357 e. The summed E-state index contributed by atoms with van der Waals surface area (Å²) in [5.41, 5.74) is 2.83. The van der Waals surface area contributed by atoms with Crippen molar-refractivity contribution in [3.63, 3.8) is 0 Å². The van der Waals surface area contributed by atoms with E-state index in [1.165, 1.54) is 0 Å². The van der Waals surface area contributed by atoms with Crippen LogP contribution >= 0.6 is 11.3 Å². The monoisotopic (exact) mass is 486 g/mol. The first-order valence-electron chi connectivity index (χ1n) is 9.92. The summed E-state index contributed by atoms with van der Waals surface area (Å²) >= 11 is 1.55. The molecule has 0 spiro atoms. The van der Waals surface area contributed by atoms with Crippen LogP contribution in [0.2, 0.25) is 0 Å². The van der Waals surface area contributed by atoms with E-state index in [1.807, 2.05) is 41.3 Å². The number of hydrogen-bond acceptors (Lipinski definition) is 8. The molecular formula is C22H22N4O5S2. The summed E-state index contributed by atoms with van der Waals surface area (Å²) in [6.07, 6.45) is 2.18. The first-order valence-corrected chi connectivity index (χ1v) is 12.2. The molecule has 0 amide bonds. The fourth-order valence-corrected chi connectivity index (χ4v) is 4.43. The molecule has 11 heteroatoms. The topological polar surface area (TPSA) is 127 Å². The molecule has 2 aromatic carbocycles. The van der Waals surface area contributed by atoms with Crippen molar-refractivity contribution in [2.24, 2.45) is 0 Å². The zero-order chi connectivity index (χ0) is 23.4. The molecule has 2 aromatic heterocycles. The lowest BCUT2D eigenvalue weighted by Crippen LogP contribution is -2.15. The third-order valence-corrected chi connectivity index (χ3v) is 6.10. The lowest BCUT2D eigenvalue weighted by atomic mass is 10.0. The van der Waals surface area contributed by atoms with Crippen molar-refractivity contribution in [3.05, 3.63) is 76.4 Å². The average Bonchev–Trinajstić information content (AvgIpc) is 3.42. The number of anilines is 2. The molecule has 4 aromatic rings. The van der Waals surface area contributed by atoms with Crippen molar-refractivity contribution < 1.29 is 22.1 Å². The molecule has 0 aliphatic heterocycles. The smallest absolute Gasteiger partial charge is 0.357 e. The minimum atomic E-state index is -4.32. The van der Waals surface area contributed by atoms with Crippen molar-refractivity contribution in [1.29, 1.82) is 0 Å². The van der Waals surface area contributed by atoms with Crippen LogP contribution < -0.4 is 14.8 Å². The number of hydrogen-bond donors (Lipinski definition) is 3. The molecule has 0 aliphatic rings. The largest absolute Gasteiger partial charge is 0.496 e. The van der Waals surface area contributed by atoms with E-state index < -0.39 is 10.3 Å². The molecule has 0 saturated carbocycles. The first kappa shape index (κ1) is 22.8. The van der Waals surface area contributed by atoms with Crippen molar-refractivity contribution in [3.8, 4) is 17.1 Å². The van der Waals surface area contributed by atoms with Crippen LogP contribution in [-0.2, 0) is 16.7 Å². The van der Waals surface area contributed by atoms with Gasteiger partial charge in [-0.3, -0.25) is 9.27 Å². The summed E-state index contributed by atoms with van der Waals surface area (Å²) < 4.78 is 44.3. The molecule has 1 unspecified atom stereocenters. The Morgan fingerprint density at radius 1 is 1.18 bits per heavy atom. The SMILES string of the molecule is COc1ccccc1-c1cnc(NC(Cc2ccc(NS(=O)(=O)O)cc2)c2csc(C)n2)o1. The number of para-hydroxylation sites is 1. The van der Waals surface area contributed by atoms with Gasteiger partial charge in [-0.05, 0) is 43.2 Å². The number of nitrogens with one attached hydrogen (secondary N) is 2. The summed E-state index contributed by atoms with van der Waals surface area (Å²) in [5, 5.41) is 6.23. The molecule has 4 rings (SSSR count). The molecule has 3 N–H and O–H groups in total. The van der Waals surface area contributed by atoms with Gasteiger partial charge in [0.25, 0.3) is 6.01 Å². The molecule has 0 radical (unpaired) electrons. The Bertz CT molecular complexity index is 1330. The summed E-state index contributed by atoms with van der Waals surface area (Å²) in [4.78, 5) is 8.98. The Kier molecular flexibility index (Phi) is 6.63. The molecule has 0 saturated heterocycles. The number of benzene rings is 2. The molecular weight excluding hydrogens is 464 g/mol. The second-order valence-electron chi connectivity index (χ2n) is 7.20. The Labute approximate surface area is 195 Å². The van der Waals surface area contributed by atoms with E-state index in [4.69, 9.17) is 13.7 Å². The van der Waals surface area contributed by atoms with E-state index in [-0.39, 0.29) is 11.7 Å². The average molecular weight is 487 g/mol. The van der Waals surface area contributed by atoms with Crippen LogP contribution in [0.15, 0.2) is 64.5 Å². The molecule has 1 atom stereocenters. The lowest BCUT2D eigenvalue weighted by Gasteiger charge is -2.16. The lowest BCUT2D eigenvalue weighted by molar-refractivity contribution is 0.414. The van der Waals surface area contributed by atoms with Gasteiger partial charge in [0.05, 0.1) is 41.3 Å². The fourth-order valence-electron chi connectivity index (χ4n) is 3.33. The first-order chi connectivity index (χ1) is 15.8. The van der Waals surface area contributed by atoms with E-state index in [0.29, 0.717) is 23.9 Å². The van der Waals surface area contributed by atoms with Crippen LogP contribution in [-0.4, -0.2) is 30.0 Å². The van der Waals surface area contributed by atoms with Crippen molar-refractivity contribution in [2.75, 3.05) is 17.1 Å². The van der Waals surface area contributed by atoms with Crippen molar-refractivity contribution in [1.82, 2.24) is 9.97 Å². The zero-order valence-electron chi connectivity index (χ0n) is 17.8. The summed E-state index contributed by atoms with van der Waals surface area (Å²) in [7, 11) is -2.72. The standard InChI is InChI=1S/C22H22N4O5S2/c1-14-24-19(13-32-14)18(11-15-7-9-16(10-8-15)26-33(27,28)29)25-22-23-12-21(31-22)17-5-3-4-6-20(17)30-2/h3-10,12-13,18,26H,11H2,1-2H3,(H,23,25)(H,27,28,29). The Morgan fingerprint density at radius 3 is 2.61 bits per heavy atom. The Hall–Kier alpha value is -3.41. The van der Waals surface area contributed by atoms with Gasteiger partial charge in [-0.2, -0.15) is 8.42 Å². The molecule has 33 heavy (non-hydrogen) atoms. The Morgan fingerprint density at radius 2 is 1.94 bits per heavy atom.